The quantitative estimate of drug-likeness (QED) is 0.811. The highest BCUT2D eigenvalue weighted by atomic mass is 79.9. The van der Waals surface area contributed by atoms with Crippen LogP contribution < -0.4 is 5.73 Å². The summed E-state index contributed by atoms with van der Waals surface area (Å²) >= 11 is 3.32. The minimum absolute atomic E-state index is 0.0939. The Morgan fingerprint density at radius 2 is 2.12 bits per heavy atom. The molecule has 96 valence electrons. The monoisotopic (exact) mass is 321 g/mol. The lowest BCUT2D eigenvalue weighted by atomic mass is 10.1. The van der Waals surface area contributed by atoms with E-state index in [1.807, 2.05) is 0 Å². The fraction of sp³-hybridized carbons (Fsp3) is 0.455. The number of benzene rings is 1. The molecule has 0 fully saturated rings. The summed E-state index contributed by atoms with van der Waals surface area (Å²) in [7, 11) is -2.96. The SMILES string of the molecule is CS(=O)(=O)CCCC(O)c1ccc(N)cc1Br. The lowest BCUT2D eigenvalue weighted by Crippen LogP contribution is -2.06. The fourth-order valence-electron chi connectivity index (χ4n) is 1.51. The van der Waals surface area contributed by atoms with Crippen LogP contribution >= 0.6 is 15.9 Å². The molecule has 0 amide bonds. The largest absolute Gasteiger partial charge is 0.399 e. The highest BCUT2D eigenvalue weighted by Gasteiger charge is 2.12. The minimum atomic E-state index is -2.96. The molecular weight excluding hydrogens is 306 g/mol. The molecule has 0 radical (unpaired) electrons. The fourth-order valence-corrected chi connectivity index (χ4v) is 2.86. The predicted octanol–water partition coefficient (Wildman–Crippen LogP) is 1.89. The maximum atomic E-state index is 11.0. The molecule has 4 nitrogen and oxygen atoms in total. The molecule has 1 aromatic carbocycles. The van der Waals surface area contributed by atoms with E-state index >= 15 is 0 Å². The first kappa shape index (κ1) is 14.5. The normalized spacial score (nSPS) is 13.6. The molecule has 0 saturated carbocycles. The second-order valence-corrected chi connectivity index (χ2v) is 7.18. The molecular formula is C11H16BrNO3S. The Bertz CT molecular complexity index is 487. The van der Waals surface area contributed by atoms with Gasteiger partial charge in [-0.05, 0) is 30.5 Å². The van der Waals surface area contributed by atoms with Crippen LogP contribution in [0.4, 0.5) is 5.69 Å². The first-order valence-corrected chi connectivity index (χ1v) is 8.05. The van der Waals surface area contributed by atoms with Crippen molar-refractivity contribution in [3.8, 4) is 0 Å². The third-order valence-electron chi connectivity index (χ3n) is 2.38. The summed E-state index contributed by atoms with van der Waals surface area (Å²) in [5.41, 5.74) is 6.94. The standard InChI is InChI=1S/C11H16BrNO3S/c1-17(15,16)6-2-3-11(14)9-5-4-8(13)7-10(9)12/h4-5,7,11,14H,2-3,6,13H2,1H3. The molecule has 1 atom stereocenters. The molecule has 0 saturated heterocycles. The highest BCUT2D eigenvalue weighted by Crippen LogP contribution is 2.28. The van der Waals surface area contributed by atoms with E-state index in [2.05, 4.69) is 15.9 Å². The lowest BCUT2D eigenvalue weighted by Gasteiger charge is -2.12. The number of hydrogen-bond acceptors (Lipinski definition) is 4. The summed E-state index contributed by atoms with van der Waals surface area (Å²) in [5, 5.41) is 9.92. The van der Waals surface area contributed by atoms with Gasteiger partial charge in [0.15, 0.2) is 0 Å². The van der Waals surface area contributed by atoms with Crippen LogP contribution in [0.2, 0.25) is 0 Å². The number of sulfone groups is 1. The van der Waals surface area contributed by atoms with E-state index in [1.54, 1.807) is 18.2 Å². The van der Waals surface area contributed by atoms with Gasteiger partial charge in [-0.25, -0.2) is 8.42 Å². The molecule has 0 aliphatic carbocycles. The van der Waals surface area contributed by atoms with Gasteiger partial charge in [0.1, 0.15) is 9.84 Å². The van der Waals surface area contributed by atoms with E-state index in [9.17, 15) is 13.5 Å². The van der Waals surface area contributed by atoms with Crippen molar-refractivity contribution in [3.63, 3.8) is 0 Å². The zero-order valence-electron chi connectivity index (χ0n) is 9.56. The van der Waals surface area contributed by atoms with E-state index in [4.69, 9.17) is 5.73 Å². The molecule has 6 heteroatoms. The van der Waals surface area contributed by atoms with E-state index < -0.39 is 15.9 Å². The number of hydrogen-bond donors (Lipinski definition) is 2. The number of aliphatic hydroxyl groups excluding tert-OH is 1. The average molecular weight is 322 g/mol. The summed E-state index contributed by atoms with van der Waals surface area (Å²) in [6.07, 6.45) is 1.37. The molecule has 0 aliphatic rings. The van der Waals surface area contributed by atoms with Crippen LogP contribution in [-0.2, 0) is 9.84 Å². The Kier molecular flexibility index (Phi) is 4.97. The minimum Gasteiger partial charge on any atom is -0.399 e. The number of nitrogen functional groups attached to an aromatic ring is 1. The summed E-state index contributed by atoms with van der Waals surface area (Å²) < 4.78 is 22.6. The van der Waals surface area contributed by atoms with Gasteiger partial charge >= 0.3 is 0 Å². The first-order valence-electron chi connectivity index (χ1n) is 5.20. The Hall–Kier alpha value is -0.590. The second kappa shape index (κ2) is 5.84. The van der Waals surface area contributed by atoms with Crippen molar-refractivity contribution >= 4 is 31.5 Å². The van der Waals surface area contributed by atoms with Gasteiger partial charge in [-0.1, -0.05) is 22.0 Å². The molecule has 0 bridgehead atoms. The third kappa shape index (κ3) is 5.06. The summed E-state index contributed by atoms with van der Waals surface area (Å²) in [6, 6.07) is 5.17. The van der Waals surface area contributed by atoms with Gasteiger partial charge in [0.05, 0.1) is 6.10 Å². The number of nitrogens with two attached hydrogens (primary N) is 1. The van der Waals surface area contributed by atoms with Crippen molar-refractivity contribution in [2.75, 3.05) is 17.7 Å². The summed E-state index contributed by atoms with van der Waals surface area (Å²) in [5.74, 6) is 0.0939. The van der Waals surface area contributed by atoms with Crippen LogP contribution in [0.1, 0.15) is 24.5 Å². The molecule has 1 rings (SSSR count). The predicted molar refractivity (Wildman–Crippen MR) is 72.5 cm³/mol. The van der Waals surface area contributed by atoms with Crippen LogP contribution in [0.3, 0.4) is 0 Å². The van der Waals surface area contributed by atoms with Crippen molar-refractivity contribution in [3.05, 3.63) is 28.2 Å². The Balaban J connectivity index is 2.61. The Morgan fingerprint density at radius 3 is 2.65 bits per heavy atom. The number of halogens is 1. The van der Waals surface area contributed by atoms with Crippen molar-refractivity contribution in [2.45, 2.75) is 18.9 Å². The van der Waals surface area contributed by atoms with Gasteiger partial charge in [-0.2, -0.15) is 0 Å². The molecule has 0 heterocycles. The lowest BCUT2D eigenvalue weighted by molar-refractivity contribution is 0.166. The second-order valence-electron chi connectivity index (χ2n) is 4.07. The maximum Gasteiger partial charge on any atom is 0.147 e. The van der Waals surface area contributed by atoms with Crippen LogP contribution in [0, 0.1) is 0 Å². The van der Waals surface area contributed by atoms with Crippen LogP contribution in [0.25, 0.3) is 0 Å². The number of aliphatic hydroxyl groups is 1. The van der Waals surface area contributed by atoms with Crippen molar-refractivity contribution < 1.29 is 13.5 Å². The van der Waals surface area contributed by atoms with Gasteiger partial charge in [0.25, 0.3) is 0 Å². The average Bonchev–Trinajstić information content (AvgIpc) is 2.15. The van der Waals surface area contributed by atoms with Crippen LogP contribution in [-0.4, -0.2) is 25.5 Å². The van der Waals surface area contributed by atoms with Crippen molar-refractivity contribution in [1.29, 1.82) is 0 Å². The molecule has 0 spiro atoms. The molecule has 3 N–H and O–H groups in total. The van der Waals surface area contributed by atoms with Crippen molar-refractivity contribution in [1.82, 2.24) is 0 Å². The highest BCUT2D eigenvalue weighted by molar-refractivity contribution is 9.10. The molecule has 1 aromatic rings. The van der Waals surface area contributed by atoms with Gasteiger partial charge in [0.2, 0.25) is 0 Å². The molecule has 1 unspecified atom stereocenters. The van der Waals surface area contributed by atoms with Crippen molar-refractivity contribution in [2.24, 2.45) is 0 Å². The Morgan fingerprint density at radius 1 is 1.47 bits per heavy atom. The Labute approximate surface area is 110 Å². The molecule has 0 aromatic heterocycles. The van der Waals surface area contributed by atoms with Gasteiger partial charge in [-0.15, -0.1) is 0 Å². The number of anilines is 1. The third-order valence-corrected chi connectivity index (χ3v) is 4.09. The van der Waals surface area contributed by atoms with E-state index in [-0.39, 0.29) is 5.75 Å². The zero-order chi connectivity index (χ0) is 13.1. The van der Waals surface area contributed by atoms with Gasteiger partial charge in [-0.3, -0.25) is 0 Å². The first-order chi connectivity index (χ1) is 7.79. The maximum absolute atomic E-state index is 11.0. The topological polar surface area (TPSA) is 80.4 Å². The van der Waals surface area contributed by atoms with Gasteiger partial charge < -0.3 is 10.8 Å². The van der Waals surface area contributed by atoms with E-state index in [1.165, 1.54) is 6.26 Å². The summed E-state index contributed by atoms with van der Waals surface area (Å²) in [4.78, 5) is 0. The zero-order valence-corrected chi connectivity index (χ0v) is 12.0. The number of rotatable bonds is 5. The van der Waals surface area contributed by atoms with Crippen LogP contribution in [0.15, 0.2) is 22.7 Å². The van der Waals surface area contributed by atoms with Gasteiger partial charge in [0, 0.05) is 22.2 Å². The van der Waals surface area contributed by atoms with E-state index in [0.29, 0.717) is 18.5 Å². The summed E-state index contributed by atoms with van der Waals surface area (Å²) in [6.45, 7) is 0. The van der Waals surface area contributed by atoms with E-state index in [0.717, 1.165) is 10.0 Å². The smallest absolute Gasteiger partial charge is 0.147 e. The molecule has 17 heavy (non-hydrogen) atoms. The van der Waals surface area contributed by atoms with Crippen LogP contribution in [0.5, 0.6) is 0 Å². The molecule has 0 aliphatic heterocycles.